The normalized spacial score (nSPS) is 12.8. The van der Waals surface area contributed by atoms with Crippen molar-refractivity contribution < 1.29 is 28.6 Å². The average molecular weight is 1110 g/mol. The highest BCUT2D eigenvalue weighted by atomic mass is 16.6. The van der Waals surface area contributed by atoms with Gasteiger partial charge in [0.1, 0.15) is 13.2 Å². The number of allylic oxidation sites excluding steroid dienone is 18. The number of hydrogen-bond acceptors (Lipinski definition) is 6. The van der Waals surface area contributed by atoms with E-state index in [1.807, 2.05) is 0 Å². The summed E-state index contributed by atoms with van der Waals surface area (Å²) in [5.41, 5.74) is 0. The van der Waals surface area contributed by atoms with Crippen molar-refractivity contribution in [1.29, 1.82) is 0 Å². The maximum Gasteiger partial charge on any atom is 0.306 e. The molecule has 458 valence electrons. The third-order valence-electron chi connectivity index (χ3n) is 14.5. The van der Waals surface area contributed by atoms with Crippen LogP contribution in [-0.4, -0.2) is 37.2 Å². The molecule has 0 spiro atoms. The minimum absolute atomic E-state index is 0.0895. The summed E-state index contributed by atoms with van der Waals surface area (Å²) in [5.74, 6) is -0.912. The van der Waals surface area contributed by atoms with Gasteiger partial charge in [-0.05, 0) is 103 Å². The number of carbonyl (C=O) groups excluding carboxylic acids is 3. The van der Waals surface area contributed by atoms with Crippen molar-refractivity contribution in [3.63, 3.8) is 0 Å². The molecule has 0 radical (unpaired) electrons. The highest BCUT2D eigenvalue weighted by Crippen LogP contribution is 2.17. The van der Waals surface area contributed by atoms with Crippen LogP contribution < -0.4 is 0 Å². The van der Waals surface area contributed by atoms with Crippen molar-refractivity contribution in [2.24, 2.45) is 0 Å². The summed E-state index contributed by atoms with van der Waals surface area (Å²) in [4.78, 5) is 38.4. The number of carbonyl (C=O) groups is 3. The summed E-state index contributed by atoms with van der Waals surface area (Å²) >= 11 is 0. The minimum Gasteiger partial charge on any atom is -0.462 e. The van der Waals surface area contributed by atoms with Crippen LogP contribution in [-0.2, 0) is 28.6 Å². The summed E-state index contributed by atoms with van der Waals surface area (Å²) in [6, 6.07) is 0. The van der Waals surface area contributed by atoms with Gasteiger partial charge in [-0.25, -0.2) is 0 Å². The van der Waals surface area contributed by atoms with Crippen molar-refractivity contribution in [1.82, 2.24) is 0 Å². The van der Waals surface area contributed by atoms with Gasteiger partial charge in [0.25, 0.3) is 0 Å². The van der Waals surface area contributed by atoms with E-state index in [0.717, 1.165) is 122 Å². The Labute approximate surface area is 495 Å². The van der Waals surface area contributed by atoms with Crippen LogP contribution in [0, 0.1) is 0 Å². The molecule has 0 aliphatic carbocycles. The summed E-state index contributed by atoms with van der Waals surface area (Å²) in [6.07, 6.45) is 92.4. The summed E-state index contributed by atoms with van der Waals surface area (Å²) in [5, 5.41) is 0. The van der Waals surface area contributed by atoms with Gasteiger partial charge < -0.3 is 14.2 Å². The van der Waals surface area contributed by atoms with Gasteiger partial charge in [-0.2, -0.15) is 0 Å². The maximum atomic E-state index is 13.0. The van der Waals surface area contributed by atoms with Crippen molar-refractivity contribution in [2.75, 3.05) is 13.2 Å². The van der Waals surface area contributed by atoms with Gasteiger partial charge in [-0.15, -0.1) is 0 Å². The van der Waals surface area contributed by atoms with Gasteiger partial charge in [0.05, 0.1) is 0 Å². The number of rotatable bonds is 61. The molecule has 0 fully saturated rings. The number of esters is 3. The first-order valence-corrected chi connectivity index (χ1v) is 33.9. The molecule has 0 aliphatic rings. The zero-order chi connectivity index (χ0) is 57.8. The maximum absolute atomic E-state index is 13.0. The van der Waals surface area contributed by atoms with Gasteiger partial charge in [0, 0.05) is 19.3 Å². The van der Waals surface area contributed by atoms with E-state index in [0.29, 0.717) is 19.3 Å². The molecule has 0 saturated heterocycles. The monoisotopic (exact) mass is 1110 g/mol. The highest BCUT2D eigenvalue weighted by Gasteiger charge is 2.19. The van der Waals surface area contributed by atoms with E-state index in [1.54, 1.807) is 0 Å². The Bertz CT molecular complexity index is 1610. The molecule has 0 N–H and O–H groups in total. The molecule has 0 bridgehead atoms. The smallest absolute Gasteiger partial charge is 0.306 e. The predicted molar refractivity (Wildman–Crippen MR) is 348 cm³/mol. The largest absolute Gasteiger partial charge is 0.462 e. The molecule has 0 aromatic carbocycles. The molecule has 6 nitrogen and oxygen atoms in total. The van der Waals surface area contributed by atoms with Crippen LogP contribution in [0.1, 0.15) is 323 Å². The van der Waals surface area contributed by atoms with Crippen LogP contribution in [0.25, 0.3) is 0 Å². The topological polar surface area (TPSA) is 78.9 Å². The van der Waals surface area contributed by atoms with E-state index < -0.39 is 6.10 Å². The first kappa shape index (κ1) is 76.1. The molecule has 1 atom stereocenters. The third kappa shape index (κ3) is 64.9. The van der Waals surface area contributed by atoms with Gasteiger partial charge in [0.2, 0.25) is 0 Å². The molecular weight excluding hydrogens is 985 g/mol. The quantitative estimate of drug-likeness (QED) is 0.0261. The Morgan fingerprint density at radius 2 is 0.487 bits per heavy atom. The summed E-state index contributed by atoms with van der Waals surface area (Å²) < 4.78 is 17.0. The Kier molecular flexibility index (Phi) is 64.3. The lowest BCUT2D eigenvalue weighted by Gasteiger charge is -2.18. The third-order valence-corrected chi connectivity index (χ3v) is 14.5. The molecule has 1 unspecified atom stereocenters. The van der Waals surface area contributed by atoms with Gasteiger partial charge in [0.15, 0.2) is 6.10 Å². The standard InChI is InChI=1S/C74H126O6/c1-4-7-10-13-16-19-22-25-28-31-34-36-37-38-41-43-46-49-52-55-58-61-64-67-73(76)79-70-71(69-78-72(75)66-63-60-57-54-51-48-45-42-39-33-30-27-24-21-18-15-12-9-6-3)80-74(77)68-65-62-59-56-53-50-47-44-40-35-32-29-26-23-20-17-14-11-8-5-2/h7,9-10,12,16,18-19,21,25,27-28,30,34,36,39,42,48,51,71H,4-6,8,11,13-15,17,20,22-24,26,29,31-33,35,37-38,40-41,43-47,49-50,52-70H2,1-3H3/b10-7-,12-9-,19-16-,21-18-,28-25-,30-27-,36-34-,42-39-,51-48-. The fourth-order valence-electron chi connectivity index (χ4n) is 9.52. The SMILES string of the molecule is CC/C=C\C/C=C\C/C=C\C/C=C\C/C=C\CCCCCC(=O)OCC(COC(=O)CCCCCCCCCCCC/C=C\C/C=C\C/C=C\C/C=C\CC)OC(=O)CCCCCCCCCCCCCCCCCCCCCC. The fourth-order valence-corrected chi connectivity index (χ4v) is 9.52. The van der Waals surface area contributed by atoms with Crippen molar-refractivity contribution in [2.45, 2.75) is 329 Å². The second-order valence-corrected chi connectivity index (χ2v) is 22.3. The molecule has 0 aromatic rings. The predicted octanol–water partition coefficient (Wildman–Crippen LogP) is 23.4. The van der Waals surface area contributed by atoms with E-state index in [9.17, 15) is 14.4 Å². The molecule has 6 heteroatoms. The molecule has 0 rings (SSSR count). The van der Waals surface area contributed by atoms with E-state index in [4.69, 9.17) is 14.2 Å². The molecule has 0 amide bonds. The van der Waals surface area contributed by atoms with Gasteiger partial charge >= 0.3 is 17.9 Å². The lowest BCUT2D eigenvalue weighted by Crippen LogP contribution is -2.30. The molecular formula is C74H126O6. The average Bonchev–Trinajstić information content (AvgIpc) is 3.46. The van der Waals surface area contributed by atoms with Crippen molar-refractivity contribution in [3.8, 4) is 0 Å². The Morgan fingerprint density at radius 1 is 0.263 bits per heavy atom. The fraction of sp³-hybridized carbons (Fsp3) is 0.716. The summed E-state index contributed by atoms with van der Waals surface area (Å²) in [7, 11) is 0. The Morgan fingerprint density at radius 3 is 0.775 bits per heavy atom. The first-order chi connectivity index (χ1) is 39.5. The second-order valence-electron chi connectivity index (χ2n) is 22.3. The summed E-state index contributed by atoms with van der Waals surface area (Å²) in [6.45, 7) is 6.42. The van der Waals surface area contributed by atoms with Crippen LogP contribution in [0.5, 0.6) is 0 Å². The lowest BCUT2D eigenvalue weighted by atomic mass is 10.0. The zero-order valence-electron chi connectivity index (χ0n) is 52.6. The zero-order valence-corrected chi connectivity index (χ0v) is 52.6. The van der Waals surface area contributed by atoms with Crippen LogP contribution in [0.4, 0.5) is 0 Å². The molecule has 0 aromatic heterocycles. The molecule has 0 saturated carbocycles. The van der Waals surface area contributed by atoms with E-state index in [1.165, 1.54) is 161 Å². The number of ether oxygens (including phenoxy) is 3. The van der Waals surface area contributed by atoms with Crippen LogP contribution >= 0.6 is 0 Å². The molecule has 80 heavy (non-hydrogen) atoms. The van der Waals surface area contributed by atoms with E-state index >= 15 is 0 Å². The van der Waals surface area contributed by atoms with E-state index in [2.05, 4.69) is 130 Å². The lowest BCUT2D eigenvalue weighted by molar-refractivity contribution is -0.167. The Balaban J connectivity index is 4.42. The van der Waals surface area contributed by atoms with Gasteiger partial charge in [-0.3, -0.25) is 14.4 Å². The first-order valence-electron chi connectivity index (χ1n) is 33.9. The van der Waals surface area contributed by atoms with E-state index in [-0.39, 0.29) is 31.1 Å². The minimum atomic E-state index is -0.796. The molecule has 0 aliphatic heterocycles. The number of hydrogen-bond donors (Lipinski definition) is 0. The van der Waals surface area contributed by atoms with Crippen LogP contribution in [0.2, 0.25) is 0 Å². The van der Waals surface area contributed by atoms with Crippen molar-refractivity contribution in [3.05, 3.63) is 109 Å². The Hall–Kier alpha value is -3.93. The van der Waals surface area contributed by atoms with Crippen molar-refractivity contribution >= 4 is 17.9 Å². The molecule has 0 heterocycles. The van der Waals surface area contributed by atoms with Crippen LogP contribution in [0.15, 0.2) is 109 Å². The second kappa shape index (κ2) is 67.6. The van der Waals surface area contributed by atoms with Gasteiger partial charge in [-0.1, -0.05) is 310 Å². The number of unbranched alkanes of at least 4 members (excludes halogenated alkanes) is 32. The highest BCUT2D eigenvalue weighted by molar-refractivity contribution is 5.71. The van der Waals surface area contributed by atoms with Crippen LogP contribution in [0.3, 0.4) is 0 Å².